The average molecular weight is 388 g/mol. The number of pyridine rings is 1. The topological polar surface area (TPSA) is 68.1 Å². The SMILES string of the molecule is CCn1cc(-c2cccc(C(=O)N3CCC[C@@H](C(=O)c4ccccn4)C3)c2)cn1. The van der Waals surface area contributed by atoms with Crippen LogP contribution in [-0.2, 0) is 6.54 Å². The lowest BCUT2D eigenvalue weighted by Crippen LogP contribution is -2.42. The summed E-state index contributed by atoms with van der Waals surface area (Å²) in [6.07, 6.45) is 7.03. The van der Waals surface area contributed by atoms with Gasteiger partial charge in [0.1, 0.15) is 5.69 Å². The van der Waals surface area contributed by atoms with E-state index in [0.717, 1.165) is 30.5 Å². The second kappa shape index (κ2) is 8.39. The Hall–Kier alpha value is -3.28. The van der Waals surface area contributed by atoms with Gasteiger partial charge in [-0.05, 0) is 49.6 Å². The maximum Gasteiger partial charge on any atom is 0.253 e. The number of benzene rings is 1. The number of ketones is 1. The van der Waals surface area contributed by atoms with Gasteiger partial charge in [-0.2, -0.15) is 5.10 Å². The Morgan fingerprint density at radius 2 is 2.03 bits per heavy atom. The summed E-state index contributed by atoms with van der Waals surface area (Å²) in [7, 11) is 0. The first-order valence-corrected chi connectivity index (χ1v) is 10.0. The molecule has 0 aliphatic carbocycles. The maximum atomic E-state index is 13.1. The third-order valence-corrected chi connectivity index (χ3v) is 5.40. The molecule has 0 saturated carbocycles. The lowest BCUT2D eigenvalue weighted by atomic mass is 9.91. The van der Waals surface area contributed by atoms with Crippen LogP contribution in [0.3, 0.4) is 0 Å². The zero-order valence-corrected chi connectivity index (χ0v) is 16.5. The van der Waals surface area contributed by atoms with Crippen molar-refractivity contribution in [3.63, 3.8) is 0 Å². The summed E-state index contributed by atoms with van der Waals surface area (Å²) in [4.78, 5) is 31.9. The van der Waals surface area contributed by atoms with Gasteiger partial charge in [-0.3, -0.25) is 19.3 Å². The fourth-order valence-electron chi connectivity index (χ4n) is 3.79. The number of carbonyl (C=O) groups excluding carboxylic acids is 2. The fourth-order valence-corrected chi connectivity index (χ4v) is 3.79. The van der Waals surface area contributed by atoms with Crippen LogP contribution in [0.15, 0.2) is 61.1 Å². The van der Waals surface area contributed by atoms with Gasteiger partial charge in [0.25, 0.3) is 5.91 Å². The zero-order chi connectivity index (χ0) is 20.2. The van der Waals surface area contributed by atoms with Gasteiger partial charge in [-0.1, -0.05) is 18.2 Å². The van der Waals surface area contributed by atoms with Gasteiger partial charge in [0.05, 0.1) is 6.20 Å². The van der Waals surface area contributed by atoms with E-state index in [1.807, 2.05) is 54.3 Å². The summed E-state index contributed by atoms with van der Waals surface area (Å²) in [5.41, 5.74) is 3.07. The van der Waals surface area contributed by atoms with Gasteiger partial charge < -0.3 is 4.90 Å². The molecule has 1 aliphatic heterocycles. The molecule has 0 spiro atoms. The summed E-state index contributed by atoms with van der Waals surface area (Å²) < 4.78 is 1.86. The molecular weight excluding hydrogens is 364 g/mol. The van der Waals surface area contributed by atoms with E-state index in [4.69, 9.17) is 0 Å². The van der Waals surface area contributed by atoms with Crippen LogP contribution < -0.4 is 0 Å². The van der Waals surface area contributed by atoms with Crippen LogP contribution in [0.25, 0.3) is 11.1 Å². The van der Waals surface area contributed by atoms with Crippen LogP contribution in [0.5, 0.6) is 0 Å². The van der Waals surface area contributed by atoms with Crippen molar-refractivity contribution in [2.24, 2.45) is 5.92 Å². The summed E-state index contributed by atoms with van der Waals surface area (Å²) in [5.74, 6) is -0.217. The molecule has 4 rings (SSSR count). The first-order chi connectivity index (χ1) is 14.2. The molecule has 1 aliphatic rings. The minimum absolute atomic E-state index is 0.0174. The molecule has 3 aromatic rings. The number of aryl methyl sites for hydroxylation is 1. The van der Waals surface area contributed by atoms with Crippen LogP contribution in [0.1, 0.15) is 40.6 Å². The Kier molecular flexibility index (Phi) is 5.51. The molecule has 1 atom stereocenters. The third kappa shape index (κ3) is 4.11. The smallest absolute Gasteiger partial charge is 0.253 e. The van der Waals surface area contributed by atoms with Crippen LogP contribution in [0.4, 0.5) is 0 Å². The predicted molar refractivity (Wildman–Crippen MR) is 111 cm³/mol. The molecule has 1 amide bonds. The number of rotatable bonds is 5. The molecule has 1 saturated heterocycles. The molecule has 0 unspecified atom stereocenters. The van der Waals surface area contributed by atoms with Gasteiger partial charge in [-0.15, -0.1) is 0 Å². The fraction of sp³-hybridized carbons (Fsp3) is 0.304. The number of likely N-dealkylation sites (tertiary alicyclic amines) is 1. The van der Waals surface area contributed by atoms with Gasteiger partial charge in [-0.25, -0.2) is 0 Å². The van der Waals surface area contributed by atoms with Gasteiger partial charge in [0.15, 0.2) is 5.78 Å². The van der Waals surface area contributed by atoms with E-state index in [1.54, 1.807) is 23.2 Å². The molecule has 0 N–H and O–H groups in total. The van der Waals surface area contributed by atoms with Crippen LogP contribution >= 0.6 is 0 Å². The van der Waals surface area contributed by atoms with Crippen molar-refractivity contribution < 1.29 is 9.59 Å². The van der Waals surface area contributed by atoms with Gasteiger partial charge in [0, 0.05) is 49.1 Å². The number of carbonyl (C=O) groups is 2. The lowest BCUT2D eigenvalue weighted by Gasteiger charge is -2.32. The van der Waals surface area contributed by atoms with E-state index in [2.05, 4.69) is 10.1 Å². The second-order valence-electron chi connectivity index (χ2n) is 7.34. The first-order valence-electron chi connectivity index (χ1n) is 10.0. The molecule has 6 heteroatoms. The Morgan fingerprint density at radius 1 is 1.14 bits per heavy atom. The number of hydrogen-bond acceptors (Lipinski definition) is 4. The van der Waals surface area contributed by atoms with E-state index >= 15 is 0 Å². The van der Waals surface area contributed by atoms with Crippen LogP contribution in [-0.4, -0.2) is 44.4 Å². The molecule has 1 fully saturated rings. The predicted octanol–water partition coefficient (Wildman–Crippen LogP) is 3.70. The van der Waals surface area contributed by atoms with Crippen molar-refractivity contribution in [3.8, 4) is 11.1 Å². The van der Waals surface area contributed by atoms with Crippen molar-refractivity contribution in [2.75, 3.05) is 13.1 Å². The van der Waals surface area contributed by atoms with E-state index in [0.29, 0.717) is 24.3 Å². The number of aromatic nitrogens is 3. The molecule has 0 bridgehead atoms. The lowest BCUT2D eigenvalue weighted by molar-refractivity contribution is 0.0635. The maximum absolute atomic E-state index is 13.1. The molecule has 3 heterocycles. The van der Waals surface area contributed by atoms with Gasteiger partial charge >= 0.3 is 0 Å². The highest BCUT2D eigenvalue weighted by Gasteiger charge is 2.30. The Morgan fingerprint density at radius 3 is 2.79 bits per heavy atom. The average Bonchev–Trinajstić information content (AvgIpc) is 3.28. The van der Waals surface area contributed by atoms with E-state index < -0.39 is 0 Å². The van der Waals surface area contributed by atoms with Crippen molar-refractivity contribution in [1.82, 2.24) is 19.7 Å². The second-order valence-corrected chi connectivity index (χ2v) is 7.34. The largest absolute Gasteiger partial charge is 0.338 e. The quantitative estimate of drug-likeness (QED) is 0.625. The Balaban J connectivity index is 1.50. The highest BCUT2D eigenvalue weighted by atomic mass is 16.2. The highest BCUT2D eigenvalue weighted by Crippen LogP contribution is 2.24. The molecule has 1 aromatic carbocycles. The summed E-state index contributed by atoms with van der Waals surface area (Å²) >= 11 is 0. The number of piperidine rings is 1. The van der Waals surface area contributed by atoms with Crippen LogP contribution in [0.2, 0.25) is 0 Å². The minimum atomic E-state index is -0.200. The molecular formula is C23H24N4O2. The summed E-state index contributed by atoms with van der Waals surface area (Å²) in [6, 6.07) is 13.0. The number of hydrogen-bond donors (Lipinski definition) is 0. The monoisotopic (exact) mass is 388 g/mol. The van der Waals surface area contributed by atoms with E-state index in [-0.39, 0.29) is 17.6 Å². The molecule has 148 valence electrons. The number of amides is 1. The highest BCUT2D eigenvalue weighted by molar-refractivity contribution is 5.98. The van der Waals surface area contributed by atoms with E-state index in [9.17, 15) is 9.59 Å². The first kappa shape index (κ1) is 19.1. The van der Waals surface area contributed by atoms with E-state index in [1.165, 1.54) is 0 Å². The van der Waals surface area contributed by atoms with Crippen molar-refractivity contribution in [1.29, 1.82) is 0 Å². The van der Waals surface area contributed by atoms with Crippen molar-refractivity contribution >= 4 is 11.7 Å². The minimum Gasteiger partial charge on any atom is -0.338 e. The summed E-state index contributed by atoms with van der Waals surface area (Å²) in [6.45, 7) is 3.95. The van der Waals surface area contributed by atoms with Gasteiger partial charge in [0.2, 0.25) is 0 Å². The van der Waals surface area contributed by atoms with Crippen molar-refractivity contribution in [3.05, 3.63) is 72.3 Å². The zero-order valence-electron chi connectivity index (χ0n) is 16.5. The van der Waals surface area contributed by atoms with Crippen LogP contribution in [0, 0.1) is 5.92 Å². The van der Waals surface area contributed by atoms with Crippen molar-refractivity contribution in [2.45, 2.75) is 26.3 Å². The normalized spacial score (nSPS) is 16.6. The summed E-state index contributed by atoms with van der Waals surface area (Å²) in [5, 5.41) is 4.31. The number of nitrogens with zero attached hydrogens (tertiary/aromatic N) is 4. The number of Topliss-reactive ketones (excluding diaryl/α,β-unsaturated/α-hetero) is 1. The molecule has 0 radical (unpaired) electrons. The Bertz CT molecular complexity index is 1010. The molecule has 6 nitrogen and oxygen atoms in total. The Labute approximate surface area is 170 Å². The standard InChI is InChI=1S/C23H24N4O2/c1-2-27-16-20(14-25-27)17-7-5-8-18(13-17)23(29)26-12-6-9-19(15-26)22(28)21-10-3-4-11-24-21/h3-5,7-8,10-11,13-14,16,19H,2,6,9,12,15H2,1H3/t19-/m1/s1. The molecule has 29 heavy (non-hydrogen) atoms. The molecule has 2 aromatic heterocycles. The third-order valence-electron chi connectivity index (χ3n) is 5.40.